The summed E-state index contributed by atoms with van der Waals surface area (Å²) in [4.78, 5) is 16.4. The normalized spacial score (nSPS) is 13.2. The van der Waals surface area contributed by atoms with Gasteiger partial charge in [0.25, 0.3) is 0 Å². The van der Waals surface area contributed by atoms with Gasteiger partial charge in [0.1, 0.15) is 5.60 Å². The number of carbonyl (C=O) groups excluding carboxylic acids is 1. The first kappa shape index (κ1) is 26.4. The number of hydrogen-bond acceptors (Lipinski definition) is 5. The third-order valence-electron chi connectivity index (χ3n) is 4.29. The van der Waals surface area contributed by atoms with Gasteiger partial charge in [-0.15, -0.1) is 0 Å². The number of sulfonamides is 1. The molecule has 0 aromatic carbocycles. The van der Waals surface area contributed by atoms with Crippen LogP contribution >= 0.6 is 0 Å². The molecule has 0 atom stereocenters. The Labute approximate surface area is 170 Å². The highest BCUT2D eigenvalue weighted by Crippen LogP contribution is 2.16. The van der Waals surface area contributed by atoms with E-state index in [4.69, 9.17) is 4.74 Å². The quantitative estimate of drug-likeness (QED) is 0.228. The van der Waals surface area contributed by atoms with Gasteiger partial charge in [0, 0.05) is 26.7 Å². The number of amides is 1. The molecule has 0 aliphatic rings. The summed E-state index contributed by atoms with van der Waals surface area (Å²) in [5.74, 6) is 0.667. The molecule has 0 heterocycles. The maximum absolute atomic E-state index is 12.2. The molecule has 0 unspecified atom stereocenters. The Morgan fingerprint density at radius 3 is 2.11 bits per heavy atom. The van der Waals surface area contributed by atoms with E-state index in [1.54, 1.807) is 14.0 Å². The summed E-state index contributed by atoms with van der Waals surface area (Å²) in [5.41, 5.74) is -1.02. The second-order valence-electron chi connectivity index (χ2n) is 7.62. The molecule has 4 N–H and O–H groups in total. The van der Waals surface area contributed by atoms with Gasteiger partial charge >= 0.3 is 6.09 Å². The number of aliphatic imine (C=N–C) groups is 1. The molecular formula is C18H39N5O4S. The molecule has 0 rings (SSSR count). The lowest BCUT2D eigenvalue weighted by Gasteiger charge is -2.34. The van der Waals surface area contributed by atoms with Crippen molar-refractivity contribution in [1.29, 1.82) is 0 Å². The van der Waals surface area contributed by atoms with Crippen LogP contribution in [-0.2, 0) is 14.8 Å². The second kappa shape index (κ2) is 12.1. The average Bonchev–Trinajstić information content (AvgIpc) is 2.61. The van der Waals surface area contributed by atoms with Crippen LogP contribution < -0.4 is 20.7 Å². The Kier molecular flexibility index (Phi) is 11.4. The van der Waals surface area contributed by atoms with Gasteiger partial charge in [-0.3, -0.25) is 4.99 Å². The number of guanidine groups is 1. The van der Waals surface area contributed by atoms with Crippen LogP contribution in [-0.4, -0.2) is 64.0 Å². The lowest BCUT2D eigenvalue weighted by atomic mass is 9.93. The van der Waals surface area contributed by atoms with E-state index in [-0.39, 0.29) is 5.75 Å². The van der Waals surface area contributed by atoms with E-state index >= 15 is 0 Å². The van der Waals surface area contributed by atoms with E-state index in [0.29, 0.717) is 32.0 Å². The van der Waals surface area contributed by atoms with Gasteiger partial charge in [-0.25, -0.2) is 17.9 Å². The predicted octanol–water partition coefficient (Wildman–Crippen LogP) is 1.56. The Morgan fingerprint density at radius 2 is 1.64 bits per heavy atom. The molecule has 0 aromatic heterocycles. The number of alkyl carbamates (subject to hydrolysis) is 1. The summed E-state index contributed by atoms with van der Waals surface area (Å²) in [6.45, 7) is 12.5. The number of rotatable bonds is 11. The first-order chi connectivity index (χ1) is 12.9. The number of ether oxygens (including phenoxy) is 1. The number of nitrogens with one attached hydrogen (secondary N) is 4. The molecule has 0 spiro atoms. The zero-order chi connectivity index (χ0) is 21.8. The summed E-state index contributed by atoms with van der Waals surface area (Å²) >= 11 is 0. The van der Waals surface area contributed by atoms with E-state index in [1.165, 1.54) is 0 Å². The Balaban J connectivity index is 4.56. The molecule has 28 heavy (non-hydrogen) atoms. The topological polar surface area (TPSA) is 121 Å². The highest BCUT2D eigenvalue weighted by Gasteiger charge is 2.30. The maximum Gasteiger partial charge on any atom is 0.408 e. The van der Waals surface area contributed by atoms with Crippen molar-refractivity contribution in [3.63, 3.8) is 0 Å². The van der Waals surface area contributed by atoms with Gasteiger partial charge in [-0.1, -0.05) is 13.8 Å². The third-order valence-corrected chi connectivity index (χ3v) is 5.69. The van der Waals surface area contributed by atoms with E-state index in [9.17, 15) is 13.2 Å². The van der Waals surface area contributed by atoms with Gasteiger partial charge in [-0.05, 0) is 47.0 Å². The Morgan fingerprint density at radius 1 is 1.04 bits per heavy atom. The van der Waals surface area contributed by atoms with Crippen molar-refractivity contribution in [3.8, 4) is 0 Å². The van der Waals surface area contributed by atoms with Crippen LogP contribution in [0.4, 0.5) is 4.79 Å². The van der Waals surface area contributed by atoms with Gasteiger partial charge in [0.05, 0.1) is 11.3 Å². The smallest absolute Gasteiger partial charge is 0.408 e. The maximum atomic E-state index is 12.2. The number of carbonyl (C=O) groups is 1. The molecule has 0 aromatic rings. The van der Waals surface area contributed by atoms with Gasteiger partial charge in [-0.2, -0.15) is 0 Å². The first-order valence-electron chi connectivity index (χ1n) is 9.85. The number of hydrogen-bond donors (Lipinski definition) is 4. The van der Waals surface area contributed by atoms with Crippen molar-refractivity contribution in [2.45, 2.75) is 71.9 Å². The van der Waals surface area contributed by atoms with Crippen LogP contribution in [0.1, 0.15) is 60.8 Å². The fourth-order valence-corrected chi connectivity index (χ4v) is 3.00. The predicted molar refractivity (Wildman–Crippen MR) is 114 cm³/mol. The molecular weight excluding hydrogens is 382 g/mol. The van der Waals surface area contributed by atoms with Gasteiger partial charge in [0.2, 0.25) is 10.0 Å². The van der Waals surface area contributed by atoms with Crippen molar-refractivity contribution in [2.24, 2.45) is 4.99 Å². The van der Waals surface area contributed by atoms with Crippen molar-refractivity contribution in [3.05, 3.63) is 0 Å². The SMILES string of the molecule is CCC(CC)(CNC(=NC)NCCCNS(=O)(=O)CC)NC(=O)OC(C)(C)C. The lowest BCUT2D eigenvalue weighted by molar-refractivity contribution is 0.0448. The van der Waals surface area contributed by atoms with Gasteiger partial charge in [0.15, 0.2) is 5.96 Å². The van der Waals surface area contributed by atoms with Crippen molar-refractivity contribution in [1.82, 2.24) is 20.7 Å². The first-order valence-corrected chi connectivity index (χ1v) is 11.5. The molecule has 0 saturated carbocycles. The molecule has 1 amide bonds. The largest absolute Gasteiger partial charge is 0.444 e. The summed E-state index contributed by atoms with van der Waals surface area (Å²) in [5, 5.41) is 9.36. The van der Waals surface area contributed by atoms with E-state index in [2.05, 4.69) is 25.7 Å². The van der Waals surface area contributed by atoms with E-state index in [0.717, 1.165) is 12.8 Å². The molecule has 166 valence electrons. The van der Waals surface area contributed by atoms with E-state index < -0.39 is 27.3 Å². The van der Waals surface area contributed by atoms with Crippen LogP contribution in [0.15, 0.2) is 4.99 Å². The Bertz CT molecular complexity index is 596. The second-order valence-corrected chi connectivity index (χ2v) is 9.71. The standard InChI is InChI=1S/C18H39N5O4S/c1-8-18(9-2,23-16(24)27-17(4,5)6)14-21-15(19-7)20-12-11-13-22-28(25,26)10-3/h22H,8-14H2,1-7H3,(H,23,24)(H2,19,20,21). The van der Waals surface area contributed by atoms with Gasteiger partial charge < -0.3 is 20.7 Å². The molecule has 0 fully saturated rings. The van der Waals surface area contributed by atoms with Crippen LogP contribution in [0.3, 0.4) is 0 Å². The molecule has 0 bridgehead atoms. The molecule has 10 heteroatoms. The zero-order valence-corrected chi connectivity index (χ0v) is 19.3. The molecule has 0 saturated heterocycles. The summed E-state index contributed by atoms with van der Waals surface area (Å²) in [7, 11) is -1.50. The van der Waals surface area contributed by atoms with Crippen molar-refractivity contribution < 1.29 is 17.9 Å². The minimum Gasteiger partial charge on any atom is -0.444 e. The highest BCUT2D eigenvalue weighted by atomic mass is 32.2. The number of nitrogens with zero attached hydrogens (tertiary/aromatic N) is 1. The summed E-state index contributed by atoms with van der Waals surface area (Å²) in [6, 6.07) is 0. The average molecular weight is 422 g/mol. The van der Waals surface area contributed by atoms with Crippen molar-refractivity contribution >= 4 is 22.1 Å². The molecule has 0 radical (unpaired) electrons. The third kappa shape index (κ3) is 11.3. The fourth-order valence-electron chi connectivity index (χ4n) is 2.34. The summed E-state index contributed by atoms with van der Waals surface area (Å²) < 4.78 is 30.7. The minimum atomic E-state index is -3.16. The van der Waals surface area contributed by atoms with Crippen LogP contribution in [0.2, 0.25) is 0 Å². The zero-order valence-electron chi connectivity index (χ0n) is 18.4. The Hall–Kier alpha value is -1.55. The highest BCUT2D eigenvalue weighted by molar-refractivity contribution is 7.89. The minimum absolute atomic E-state index is 0.0738. The lowest BCUT2D eigenvalue weighted by Crippen LogP contribution is -2.57. The monoisotopic (exact) mass is 421 g/mol. The van der Waals surface area contributed by atoms with Crippen LogP contribution in [0.25, 0.3) is 0 Å². The molecule has 0 aliphatic heterocycles. The van der Waals surface area contributed by atoms with Crippen LogP contribution in [0.5, 0.6) is 0 Å². The summed E-state index contributed by atoms with van der Waals surface area (Å²) in [6.07, 6.45) is 1.64. The molecule has 9 nitrogen and oxygen atoms in total. The van der Waals surface area contributed by atoms with E-state index in [1.807, 2.05) is 34.6 Å². The fraction of sp³-hybridized carbons (Fsp3) is 0.889. The van der Waals surface area contributed by atoms with Crippen LogP contribution in [0, 0.1) is 0 Å². The van der Waals surface area contributed by atoms with Crippen molar-refractivity contribution in [2.75, 3.05) is 32.4 Å². The molecule has 0 aliphatic carbocycles.